The molecule has 2 aromatic rings. The van der Waals surface area contributed by atoms with Gasteiger partial charge in [0, 0.05) is 30.0 Å². The van der Waals surface area contributed by atoms with Gasteiger partial charge in [-0.2, -0.15) is 4.31 Å². The van der Waals surface area contributed by atoms with Crippen LogP contribution in [-0.4, -0.2) is 44.8 Å². The van der Waals surface area contributed by atoms with Gasteiger partial charge in [0.15, 0.2) is 0 Å². The molecule has 0 aliphatic carbocycles. The number of hydrogen-bond acceptors (Lipinski definition) is 6. The van der Waals surface area contributed by atoms with Crippen molar-refractivity contribution in [2.75, 3.05) is 20.2 Å². The first-order valence-corrected chi connectivity index (χ1v) is 10.7. The van der Waals surface area contributed by atoms with Crippen LogP contribution in [0.2, 0.25) is 0 Å². The number of benzene rings is 1. The molecule has 1 aromatic heterocycles. The normalized spacial score (nSPS) is 16.2. The first-order valence-electron chi connectivity index (χ1n) is 8.41. The Bertz CT molecular complexity index is 945. The van der Waals surface area contributed by atoms with Gasteiger partial charge in [0.25, 0.3) is 0 Å². The van der Waals surface area contributed by atoms with E-state index in [1.807, 2.05) is 6.07 Å². The van der Waals surface area contributed by atoms with Gasteiger partial charge < -0.3 is 10.5 Å². The average Bonchev–Trinajstić information content (AvgIpc) is 3.14. The Morgan fingerprint density at radius 2 is 1.81 bits per heavy atom. The summed E-state index contributed by atoms with van der Waals surface area (Å²) in [5, 5.41) is 1.66. The third-order valence-electron chi connectivity index (χ3n) is 4.66. The van der Waals surface area contributed by atoms with E-state index >= 15 is 0 Å². The maximum absolute atomic E-state index is 13.4. The smallest absolute Gasteiger partial charge is 0.349 e. The molecule has 1 aromatic carbocycles. The van der Waals surface area contributed by atoms with Gasteiger partial charge in [0.2, 0.25) is 15.9 Å². The van der Waals surface area contributed by atoms with E-state index in [0.717, 1.165) is 11.3 Å². The summed E-state index contributed by atoms with van der Waals surface area (Å²) in [5.74, 6) is -1.43. The number of amides is 1. The standard InChI is InChI=1S/C18H20N2O5S2/c1-25-18(22)15-16(14(11-26-15)12-5-3-2-4-6-12)27(23,24)20-9-7-13(8-10-20)17(19)21/h2-6,11,13H,7-10H2,1H3,(H2,19,21). The van der Waals surface area contributed by atoms with Crippen molar-refractivity contribution in [2.45, 2.75) is 17.7 Å². The summed E-state index contributed by atoms with van der Waals surface area (Å²) in [5.41, 5.74) is 6.51. The van der Waals surface area contributed by atoms with Gasteiger partial charge in [0.05, 0.1) is 7.11 Å². The summed E-state index contributed by atoms with van der Waals surface area (Å²) in [7, 11) is -2.72. The second kappa shape index (κ2) is 7.79. The van der Waals surface area contributed by atoms with Gasteiger partial charge >= 0.3 is 5.97 Å². The first-order chi connectivity index (χ1) is 12.9. The van der Waals surface area contributed by atoms with Crippen molar-refractivity contribution in [3.05, 3.63) is 40.6 Å². The van der Waals surface area contributed by atoms with Gasteiger partial charge in [-0.25, -0.2) is 13.2 Å². The number of thiophene rings is 1. The lowest BCUT2D eigenvalue weighted by atomic mass is 9.98. The molecule has 7 nitrogen and oxygen atoms in total. The number of carbonyl (C=O) groups excluding carboxylic acids is 2. The van der Waals surface area contributed by atoms with E-state index in [-0.39, 0.29) is 28.8 Å². The summed E-state index contributed by atoms with van der Waals surface area (Å²) in [4.78, 5) is 23.6. The third-order valence-corrected chi connectivity index (χ3v) is 7.73. The number of ether oxygens (including phenoxy) is 1. The van der Waals surface area contributed by atoms with E-state index in [2.05, 4.69) is 0 Å². The molecule has 0 atom stereocenters. The molecule has 1 aliphatic rings. The average molecular weight is 409 g/mol. The van der Waals surface area contributed by atoms with Crippen molar-refractivity contribution in [1.29, 1.82) is 0 Å². The lowest BCUT2D eigenvalue weighted by Gasteiger charge is -2.30. The third kappa shape index (κ3) is 3.76. The molecule has 2 N–H and O–H groups in total. The van der Waals surface area contributed by atoms with Crippen LogP contribution in [0.5, 0.6) is 0 Å². The van der Waals surface area contributed by atoms with E-state index in [4.69, 9.17) is 10.5 Å². The maximum atomic E-state index is 13.4. The number of esters is 1. The number of methoxy groups -OCH3 is 1. The van der Waals surface area contributed by atoms with Gasteiger partial charge in [-0.05, 0) is 18.4 Å². The summed E-state index contributed by atoms with van der Waals surface area (Å²) < 4.78 is 32.8. The zero-order valence-electron chi connectivity index (χ0n) is 14.8. The number of carbonyl (C=O) groups is 2. The minimum Gasteiger partial charge on any atom is -0.465 e. The Labute approximate surface area is 161 Å². The van der Waals surface area contributed by atoms with E-state index in [9.17, 15) is 18.0 Å². The molecule has 2 heterocycles. The molecular weight excluding hydrogens is 388 g/mol. The molecule has 1 saturated heterocycles. The number of primary amides is 1. The first kappa shape index (κ1) is 19.5. The highest BCUT2D eigenvalue weighted by Crippen LogP contribution is 2.38. The van der Waals surface area contributed by atoms with Crippen molar-refractivity contribution in [1.82, 2.24) is 4.31 Å². The molecule has 144 valence electrons. The van der Waals surface area contributed by atoms with Gasteiger partial charge in [-0.15, -0.1) is 11.3 Å². The molecule has 1 fully saturated rings. The lowest BCUT2D eigenvalue weighted by molar-refractivity contribution is -0.122. The minimum atomic E-state index is -3.94. The van der Waals surface area contributed by atoms with Crippen LogP contribution in [0.3, 0.4) is 0 Å². The molecule has 0 spiro atoms. The highest BCUT2D eigenvalue weighted by atomic mass is 32.2. The van der Waals surface area contributed by atoms with Crippen molar-refractivity contribution in [3.8, 4) is 11.1 Å². The molecular formula is C18H20N2O5S2. The van der Waals surface area contributed by atoms with Crippen LogP contribution in [0.1, 0.15) is 22.5 Å². The van der Waals surface area contributed by atoms with Crippen LogP contribution in [0.15, 0.2) is 40.6 Å². The van der Waals surface area contributed by atoms with Crippen LogP contribution in [0, 0.1) is 5.92 Å². The molecule has 0 unspecified atom stereocenters. The Balaban J connectivity index is 2.05. The Morgan fingerprint density at radius 1 is 1.19 bits per heavy atom. The van der Waals surface area contributed by atoms with Crippen LogP contribution in [-0.2, 0) is 19.6 Å². The molecule has 0 saturated carbocycles. The van der Waals surface area contributed by atoms with E-state index in [1.54, 1.807) is 29.6 Å². The molecule has 9 heteroatoms. The lowest BCUT2D eigenvalue weighted by Crippen LogP contribution is -2.42. The number of hydrogen-bond donors (Lipinski definition) is 1. The SMILES string of the molecule is COC(=O)c1scc(-c2ccccc2)c1S(=O)(=O)N1CCC(C(N)=O)CC1. The number of rotatable bonds is 5. The van der Waals surface area contributed by atoms with Crippen molar-refractivity contribution in [3.63, 3.8) is 0 Å². The summed E-state index contributed by atoms with van der Waals surface area (Å²) in [6, 6.07) is 9.03. The summed E-state index contributed by atoms with van der Waals surface area (Å²) in [6.07, 6.45) is 0.736. The van der Waals surface area contributed by atoms with E-state index in [0.29, 0.717) is 24.0 Å². The van der Waals surface area contributed by atoms with Crippen LogP contribution >= 0.6 is 11.3 Å². The largest absolute Gasteiger partial charge is 0.465 e. The van der Waals surface area contributed by atoms with E-state index in [1.165, 1.54) is 11.4 Å². The zero-order valence-corrected chi connectivity index (χ0v) is 16.4. The highest BCUT2D eigenvalue weighted by Gasteiger charge is 2.37. The molecule has 27 heavy (non-hydrogen) atoms. The quantitative estimate of drug-likeness (QED) is 0.763. The fourth-order valence-electron chi connectivity index (χ4n) is 3.16. The van der Waals surface area contributed by atoms with Crippen LogP contribution in [0.25, 0.3) is 11.1 Å². The highest BCUT2D eigenvalue weighted by molar-refractivity contribution is 7.89. The Hall–Kier alpha value is -2.23. The number of piperidine rings is 1. The van der Waals surface area contributed by atoms with Crippen molar-refractivity contribution in [2.24, 2.45) is 11.7 Å². The fourth-order valence-corrected chi connectivity index (χ4v) is 6.31. The topological polar surface area (TPSA) is 107 Å². The second-order valence-electron chi connectivity index (χ2n) is 6.25. The minimum absolute atomic E-state index is 0.0388. The van der Waals surface area contributed by atoms with Crippen LogP contribution in [0.4, 0.5) is 0 Å². The van der Waals surface area contributed by atoms with Crippen LogP contribution < -0.4 is 5.73 Å². The summed E-state index contributed by atoms with van der Waals surface area (Å²) in [6.45, 7) is 0.362. The zero-order chi connectivity index (χ0) is 19.6. The second-order valence-corrected chi connectivity index (χ2v) is 9.00. The Kier molecular flexibility index (Phi) is 5.64. The van der Waals surface area contributed by atoms with Gasteiger partial charge in [-0.1, -0.05) is 30.3 Å². The predicted molar refractivity (Wildman–Crippen MR) is 102 cm³/mol. The van der Waals surface area contributed by atoms with Gasteiger partial charge in [-0.3, -0.25) is 4.79 Å². The van der Waals surface area contributed by atoms with E-state index < -0.39 is 21.9 Å². The fraction of sp³-hybridized carbons (Fsp3) is 0.333. The summed E-state index contributed by atoms with van der Waals surface area (Å²) >= 11 is 1.05. The number of nitrogens with two attached hydrogens (primary N) is 1. The predicted octanol–water partition coefficient (Wildman–Crippen LogP) is 2.09. The number of sulfonamides is 1. The molecule has 1 amide bonds. The van der Waals surface area contributed by atoms with Gasteiger partial charge in [0.1, 0.15) is 9.77 Å². The molecule has 1 aliphatic heterocycles. The Morgan fingerprint density at radius 3 is 2.37 bits per heavy atom. The maximum Gasteiger partial charge on any atom is 0.349 e. The monoisotopic (exact) mass is 408 g/mol. The number of nitrogens with zero attached hydrogens (tertiary/aromatic N) is 1. The van der Waals surface area contributed by atoms with Crippen molar-refractivity contribution < 1.29 is 22.7 Å². The van der Waals surface area contributed by atoms with Crippen molar-refractivity contribution >= 4 is 33.2 Å². The molecule has 0 radical (unpaired) electrons. The molecule has 3 rings (SSSR count). The molecule has 0 bridgehead atoms.